The van der Waals surface area contributed by atoms with Crippen LogP contribution in [0.3, 0.4) is 0 Å². The molecule has 0 bridgehead atoms. The standard InChI is InChI=1S/C12H19N3O/c1-9(11-7-13-15(2)8-11)14-12(16)10-5-3-4-6-10/h7-10H,3-6H2,1-2H3,(H,14,16)/t9-/m1/s1. The first-order valence-electron chi connectivity index (χ1n) is 5.95. The molecule has 1 fully saturated rings. The maximum Gasteiger partial charge on any atom is 0.223 e. The molecule has 0 radical (unpaired) electrons. The molecular formula is C12H19N3O. The lowest BCUT2D eigenvalue weighted by molar-refractivity contribution is -0.125. The van der Waals surface area contributed by atoms with Crippen molar-refractivity contribution in [3.8, 4) is 0 Å². The van der Waals surface area contributed by atoms with Crippen LogP contribution in [0.2, 0.25) is 0 Å². The molecule has 1 N–H and O–H groups in total. The third-order valence-electron chi connectivity index (χ3n) is 3.31. The molecule has 1 aliphatic rings. The summed E-state index contributed by atoms with van der Waals surface area (Å²) in [6.45, 7) is 2.00. The monoisotopic (exact) mass is 221 g/mol. The summed E-state index contributed by atoms with van der Waals surface area (Å²) < 4.78 is 1.76. The van der Waals surface area contributed by atoms with Crippen LogP contribution in [0.5, 0.6) is 0 Å². The Labute approximate surface area is 96.0 Å². The number of aryl methyl sites for hydroxylation is 1. The quantitative estimate of drug-likeness (QED) is 0.845. The van der Waals surface area contributed by atoms with E-state index in [2.05, 4.69) is 10.4 Å². The second-order valence-corrected chi connectivity index (χ2v) is 4.66. The molecule has 2 rings (SSSR count). The van der Waals surface area contributed by atoms with E-state index in [4.69, 9.17) is 0 Å². The van der Waals surface area contributed by atoms with Gasteiger partial charge in [-0.3, -0.25) is 9.48 Å². The Morgan fingerprint density at radius 2 is 2.25 bits per heavy atom. The largest absolute Gasteiger partial charge is 0.349 e. The first-order valence-corrected chi connectivity index (χ1v) is 5.95. The van der Waals surface area contributed by atoms with Gasteiger partial charge < -0.3 is 5.32 Å². The third-order valence-corrected chi connectivity index (χ3v) is 3.31. The van der Waals surface area contributed by atoms with E-state index in [0.29, 0.717) is 0 Å². The molecule has 88 valence electrons. The van der Waals surface area contributed by atoms with E-state index in [0.717, 1.165) is 18.4 Å². The number of amides is 1. The summed E-state index contributed by atoms with van der Waals surface area (Å²) in [5.41, 5.74) is 1.06. The van der Waals surface area contributed by atoms with Crippen LogP contribution >= 0.6 is 0 Å². The van der Waals surface area contributed by atoms with E-state index < -0.39 is 0 Å². The minimum atomic E-state index is 0.0572. The van der Waals surface area contributed by atoms with E-state index in [-0.39, 0.29) is 17.9 Å². The normalized spacial score (nSPS) is 18.6. The molecule has 16 heavy (non-hydrogen) atoms. The first kappa shape index (κ1) is 11.2. The lowest BCUT2D eigenvalue weighted by atomic mass is 10.1. The number of aromatic nitrogens is 2. The van der Waals surface area contributed by atoms with Crippen LogP contribution in [0.25, 0.3) is 0 Å². The average Bonchev–Trinajstić information content (AvgIpc) is 2.87. The highest BCUT2D eigenvalue weighted by molar-refractivity contribution is 5.79. The summed E-state index contributed by atoms with van der Waals surface area (Å²) in [5, 5.41) is 7.17. The molecule has 4 nitrogen and oxygen atoms in total. The summed E-state index contributed by atoms with van der Waals surface area (Å²) in [7, 11) is 1.88. The number of hydrogen-bond acceptors (Lipinski definition) is 2. The van der Waals surface area contributed by atoms with Gasteiger partial charge in [0.2, 0.25) is 5.91 Å². The molecular weight excluding hydrogens is 202 g/mol. The van der Waals surface area contributed by atoms with Gasteiger partial charge in [0.05, 0.1) is 12.2 Å². The Bertz CT molecular complexity index is 366. The minimum absolute atomic E-state index is 0.0572. The number of rotatable bonds is 3. The number of carbonyl (C=O) groups is 1. The average molecular weight is 221 g/mol. The Morgan fingerprint density at radius 1 is 1.56 bits per heavy atom. The van der Waals surface area contributed by atoms with Crippen LogP contribution in [0.15, 0.2) is 12.4 Å². The second-order valence-electron chi connectivity index (χ2n) is 4.66. The number of nitrogens with zero attached hydrogens (tertiary/aromatic N) is 2. The lowest BCUT2D eigenvalue weighted by Gasteiger charge is -2.15. The Morgan fingerprint density at radius 3 is 2.81 bits per heavy atom. The van der Waals surface area contributed by atoms with E-state index in [9.17, 15) is 4.79 Å². The minimum Gasteiger partial charge on any atom is -0.349 e. The van der Waals surface area contributed by atoms with Crippen molar-refractivity contribution < 1.29 is 4.79 Å². The molecule has 0 aliphatic heterocycles. The van der Waals surface area contributed by atoms with Crippen LogP contribution < -0.4 is 5.32 Å². The summed E-state index contributed by atoms with van der Waals surface area (Å²) in [6.07, 6.45) is 8.23. The molecule has 0 saturated heterocycles. The fraction of sp³-hybridized carbons (Fsp3) is 0.667. The van der Waals surface area contributed by atoms with Gasteiger partial charge in [0.1, 0.15) is 0 Å². The van der Waals surface area contributed by atoms with Gasteiger partial charge in [-0.15, -0.1) is 0 Å². The number of carbonyl (C=O) groups excluding carboxylic acids is 1. The second kappa shape index (κ2) is 4.68. The zero-order valence-electron chi connectivity index (χ0n) is 9.94. The molecule has 0 aromatic carbocycles. The maximum absolute atomic E-state index is 11.9. The number of nitrogens with one attached hydrogen (secondary N) is 1. The van der Waals surface area contributed by atoms with Gasteiger partial charge in [-0.2, -0.15) is 5.10 Å². The summed E-state index contributed by atoms with van der Waals surface area (Å²) in [6, 6.07) is 0.0572. The van der Waals surface area contributed by atoms with Crippen molar-refractivity contribution in [1.29, 1.82) is 0 Å². The zero-order chi connectivity index (χ0) is 11.5. The van der Waals surface area contributed by atoms with Crippen molar-refractivity contribution in [2.45, 2.75) is 38.6 Å². The van der Waals surface area contributed by atoms with Crippen molar-refractivity contribution in [2.75, 3.05) is 0 Å². The van der Waals surface area contributed by atoms with Crippen LogP contribution in [0.1, 0.15) is 44.2 Å². The molecule has 1 heterocycles. The SMILES string of the molecule is C[C@@H](NC(=O)C1CCCC1)c1cnn(C)c1. The topological polar surface area (TPSA) is 46.9 Å². The molecule has 1 aromatic rings. The van der Waals surface area contributed by atoms with Crippen molar-refractivity contribution in [2.24, 2.45) is 13.0 Å². The first-order chi connectivity index (χ1) is 7.66. The molecule has 1 aliphatic carbocycles. The summed E-state index contributed by atoms with van der Waals surface area (Å²) >= 11 is 0. The fourth-order valence-electron chi connectivity index (χ4n) is 2.27. The van der Waals surface area contributed by atoms with Gasteiger partial charge >= 0.3 is 0 Å². The smallest absolute Gasteiger partial charge is 0.223 e. The fourth-order valence-corrected chi connectivity index (χ4v) is 2.27. The molecule has 1 atom stereocenters. The Hall–Kier alpha value is -1.32. The molecule has 0 unspecified atom stereocenters. The van der Waals surface area contributed by atoms with E-state index in [1.54, 1.807) is 10.9 Å². The van der Waals surface area contributed by atoms with Crippen molar-refractivity contribution in [3.63, 3.8) is 0 Å². The van der Waals surface area contributed by atoms with E-state index in [1.807, 2.05) is 20.2 Å². The third kappa shape index (κ3) is 2.43. The zero-order valence-corrected chi connectivity index (χ0v) is 9.94. The lowest BCUT2D eigenvalue weighted by Crippen LogP contribution is -2.31. The van der Waals surface area contributed by atoms with Crippen molar-refractivity contribution in [3.05, 3.63) is 18.0 Å². The van der Waals surface area contributed by atoms with Gasteiger partial charge in [-0.1, -0.05) is 12.8 Å². The predicted molar refractivity (Wildman–Crippen MR) is 61.7 cm³/mol. The molecule has 1 amide bonds. The van der Waals surface area contributed by atoms with Crippen LogP contribution in [-0.2, 0) is 11.8 Å². The summed E-state index contributed by atoms with van der Waals surface area (Å²) in [5.74, 6) is 0.438. The maximum atomic E-state index is 11.9. The van der Waals surface area contributed by atoms with Gasteiger partial charge in [-0.05, 0) is 19.8 Å². The van der Waals surface area contributed by atoms with Gasteiger partial charge in [-0.25, -0.2) is 0 Å². The molecule has 1 saturated carbocycles. The highest BCUT2D eigenvalue weighted by Crippen LogP contribution is 2.25. The molecule has 1 aromatic heterocycles. The highest BCUT2D eigenvalue weighted by atomic mass is 16.1. The molecule has 0 spiro atoms. The van der Waals surface area contributed by atoms with E-state index >= 15 is 0 Å². The van der Waals surface area contributed by atoms with E-state index in [1.165, 1.54) is 12.8 Å². The summed E-state index contributed by atoms with van der Waals surface area (Å²) in [4.78, 5) is 11.9. The number of hydrogen-bond donors (Lipinski definition) is 1. The van der Waals surface area contributed by atoms with Gasteiger partial charge in [0.15, 0.2) is 0 Å². The molecule has 4 heteroatoms. The van der Waals surface area contributed by atoms with Gasteiger partial charge in [0, 0.05) is 24.7 Å². The van der Waals surface area contributed by atoms with Crippen LogP contribution in [-0.4, -0.2) is 15.7 Å². The van der Waals surface area contributed by atoms with Crippen molar-refractivity contribution >= 4 is 5.91 Å². The highest BCUT2D eigenvalue weighted by Gasteiger charge is 2.24. The van der Waals surface area contributed by atoms with Crippen molar-refractivity contribution in [1.82, 2.24) is 15.1 Å². The van der Waals surface area contributed by atoms with Gasteiger partial charge in [0.25, 0.3) is 0 Å². The predicted octanol–water partition coefficient (Wildman–Crippen LogP) is 1.79. The Kier molecular flexibility index (Phi) is 3.27. The van der Waals surface area contributed by atoms with Crippen LogP contribution in [0.4, 0.5) is 0 Å². The van der Waals surface area contributed by atoms with Crippen LogP contribution in [0, 0.1) is 5.92 Å². The Balaban J connectivity index is 1.91.